The molecule has 0 bridgehead atoms. The summed E-state index contributed by atoms with van der Waals surface area (Å²) < 4.78 is 10.2. The second-order valence-electron chi connectivity index (χ2n) is 4.17. The van der Waals surface area contributed by atoms with Crippen LogP contribution in [0.3, 0.4) is 0 Å². The Morgan fingerprint density at radius 3 is 2.64 bits per heavy atom. The normalized spacial score (nSPS) is 18.4. The molecular weight excluding hydrogens is 178 g/mol. The third kappa shape index (κ3) is 6.35. The SMILES string of the molecule is COCCOCCC(N)CCC1CC1. The summed E-state index contributed by atoms with van der Waals surface area (Å²) in [4.78, 5) is 0. The monoisotopic (exact) mass is 201 g/mol. The van der Waals surface area contributed by atoms with Gasteiger partial charge in [-0.3, -0.25) is 0 Å². The second-order valence-corrected chi connectivity index (χ2v) is 4.17. The molecule has 0 heterocycles. The molecule has 0 amide bonds. The lowest BCUT2D eigenvalue weighted by atomic mass is 10.1. The molecule has 1 atom stereocenters. The number of ether oxygens (including phenoxy) is 2. The van der Waals surface area contributed by atoms with Gasteiger partial charge in [0.15, 0.2) is 0 Å². The van der Waals surface area contributed by atoms with Crippen LogP contribution in [0, 0.1) is 5.92 Å². The molecule has 84 valence electrons. The van der Waals surface area contributed by atoms with Crippen molar-refractivity contribution in [2.24, 2.45) is 11.7 Å². The molecule has 3 nitrogen and oxygen atoms in total. The van der Waals surface area contributed by atoms with E-state index in [0.717, 1.165) is 25.4 Å². The highest BCUT2D eigenvalue weighted by Gasteiger charge is 2.21. The molecule has 0 aromatic rings. The Bertz CT molecular complexity index is 137. The fraction of sp³-hybridized carbons (Fsp3) is 1.00. The number of hydrogen-bond acceptors (Lipinski definition) is 3. The molecule has 0 radical (unpaired) electrons. The van der Waals surface area contributed by atoms with Gasteiger partial charge < -0.3 is 15.2 Å². The Labute approximate surface area is 86.9 Å². The van der Waals surface area contributed by atoms with E-state index < -0.39 is 0 Å². The zero-order valence-corrected chi connectivity index (χ0v) is 9.21. The summed E-state index contributed by atoms with van der Waals surface area (Å²) in [6.45, 7) is 2.14. The molecule has 2 N–H and O–H groups in total. The van der Waals surface area contributed by atoms with Crippen LogP contribution < -0.4 is 5.73 Å². The van der Waals surface area contributed by atoms with Gasteiger partial charge >= 0.3 is 0 Å². The minimum atomic E-state index is 0.332. The molecule has 0 aromatic carbocycles. The van der Waals surface area contributed by atoms with Crippen LogP contribution in [0.25, 0.3) is 0 Å². The molecule has 1 rings (SSSR count). The summed E-state index contributed by atoms with van der Waals surface area (Å²) in [6.07, 6.45) is 6.32. The molecular formula is C11H23NO2. The summed E-state index contributed by atoms with van der Waals surface area (Å²) in [6, 6.07) is 0.332. The molecule has 3 heteroatoms. The first-order valence-electron chi connectivity index (χ1n) is 5.65. The average molecular weight is 201 g/mol. The summed E-state index contributed by atoms with van der Waals surface area (Å²) in [5.74, 6) is 0.996. The average Bonchev–Trinajstić information content (AvgIpc) is 2.98. The van der Waals surface area contributed by atoms with Gasteiger partial charge in [-0.1, -0.05) is 12.8 Å². The number of rotatable bonds is 9. The minimum Gasteiger partial charge on any atom is -0.382 e. The molecule has 1 unspecified atom stereocenters. The maximum Gasteiger partial charge on any atom is 0.0700 e. The zero-order valence-electron chi connectivity index (χ0n) is 9.21. The summed E-state index contributed by atoms with van der Waals surface area (Å²) in [5, 5.41) is 0. The zero-order chi connectivity index (χ0) is 10.2. The van der Waals surface area contributed by atoms with Crippen LogP contribution in [0.1, 0.15) is 32.1 Å². The lowest BCUT2D eigenvalue weighted by molar-refractivity contribution is 0.0668. The Kier molecular flexibility index (Phi) is 6.15. The Morgan fingerprint density at radius 2 is 2.00 bits per heavy atom. The van der Waals surface area contributed by atoms with E-state index in [1.54, 1.807) is 7.11 Å². The molecule has 0 aromatic heterocycles. The Hall–Kier alpha value is -0.120. The fourth-order valence-corrected chi connectivity index (χ4v) is 1.48. The predicted octanol–water partition coefficient (Wildman–Crippen LogP) is 1.56. The molecule has 1 saturated carbocycles. The van der Waals surface area contributed by atoms with E-state index >= 15 is 0 Å². The lowest BCUT2D eigenvalue weighted by Crippen LogP contribution is -2.22. The van der Waals surface area contributed by atoms with Crippen LogP contribution >= 0.6 is 0 Å². The highest BCUT2D eigenvalue weighted by Crippen LogP contribution is 2.33. The summed E-state index contributed by atoms with van der Waals surface area (Å²) in [7, 11) is 1.69. The number of methoxy groups -OCH3 is 1. The Balaban J connectivity index is 1.79. The van der Waals surface area contributed by atoms with Crippen molar-refractivity contribution in [3.63, 3.8) is 0 Å². The van der Waals surface area contributed by atoms with Crippen molar-refractivity contribution >= 4 is 0 Å². The largest absolute Gasteiger partial charge is 0.382 e. The smallest absolute Gasteiger partial charge is 0.0700 e. The van der Waals surface area contributed by atoms with Crippen molar-refractivity contribution in [2.75, 3.05) is 26.9 Å². The number of hydrogen-bond donors (Lipinski definition) is 1. The van der Waals surface area contributed by atoms with Gasteiger partial charge in [0, 0.05) is 19.8 Å². The maximum absolute atomic E-state index is 5.95. The molecule has 1 fully saturated rings. The van der Waals surface area contributed by atoms with E-state index in [1.165, 1.54) is 19.3 Å². The standard InChI is InChI=1S/C11H23NO2/c1-13-8-9-14-7-6-11(12)5-4-10-2-3-10/h10-11H,2-9,12H2,1H3. The van der Waals surface area contributed by atoms with Crippen LogP contribution in [0.2, 0.25) is 0 Å². The molecule has 1 aliphatic rings. The summed E-state index contributed by atoms with van der Waals surface area (Å²) >= 11 is 0. The van der Waals surface area contributed by atoms with Gasteiger partial charge in [-0.05, 0) is 25.2 Å². The highest BCUT2D eigenvalue weighted by atomic mass is 16.5. The van der Waals surface area contributed by atoms with E-state index in [4.69, 9.17) is 15.2 Å². The van der Waals surface area contributed by atoms with E-state index in [0.29, 0.717) is 19.3 Å². The second kappa shape index (κ2) is 7.21. The molecule has 14 heavy (non-hydrogen) atoms. The van der Waals surface area contributed by atoms with Gasteiger partial charge in [0.05, 0.1) is 13.2 Å². The molecule has 0 spiro atoms. The van der Waals surface area contributed by atoms with Crippen molar-refractivity contribution in [3.8, 4) is 0 Å². The highest BCUT2D eigenvalue weighted by molar-refractivity contribution is 4.75. The van der Waals surface area contributed by atoms with E-state index in [9.17, 15) is 0 Å². The molecule has 0 saturated heterocycles. The predicted molar refractivity (Wildman–Crippen MR) is 57.2 cm³/mol. The van der Waals surface area contributed by atoms with Crippen molar-refractivity contribution in [1.82, 2.24) is 0 Å². The van der Waals surface area contributed by atoms with Crippen molar-refractivity contribution in [3.05, 3.63) is 0 Å². The van der Waals surface area contributed by atoms with Crippen LogP contribution in [-0.2, 0) is 9.47 Å². The third-order valence-electron chi connectivity index (χ3n) is 2.71. The quantitative estimate of drug-likeness (QED) is 0.576. The maximum atomic E-state index is 5.95. The van der Waals surface area contributed by atoms with Gasteiger partial charge in [-0.2, -0.15) is 0 Å². The summed E-state index contributed by atoms with van der Waals surface area (Å²) in [5.41, 5.74) is 5.95. The first-order chi connectivity index (χ1) is 6.83. The van der Waals surface area contributed by atoms with Crippen molar-refractivity contribution in [2.45, 2.75) is 38.1 Å². The van der Waals surface area contributed by atoms with Gasteiger partial charge in [0.25, 0.3) is 0 Å². The third-order valence-corrected chi connectivity index (χ3v) is 2.71. The van der Waals surface area contributed by atoms with Crippen LogP contribution in [0.15, 0.2) is 0 Å². The van der Waals surface area contributed by atoms with Gasteiger partial charge in [0.2, 0.25) is 0 Å². The first-order valence-corrected chi connectivity index (χ1v) is 5.65. The van der Waals surface area contributed by atoms with E-state index in [-0.39, 0.29) is 0 Å². The van der Waals surface area contributed by atoms with Gasteiger partial charge in [0.1, 0.15) is 0 Å². The van der Waals surface area contributed by atoms with Gasteiger partial charge in [-0.25, -0.2) is 0 Å². The van der Waals surface area contributed by atoms with Crippen LogP contribution in [0.4, 0.5) is 0 Å². The van der Waals surface area contributed by atoms with E-state index in [2.05, 4.69) is 0 Å². The van der Waals surface area contributed by atoms with Crippen molar-refractivity contribution in [1.29, 1.82) is 0 Å². The molecule has 0 aliphatic heterocycles. The van der Waals surface area contributed by atoms with Gasteiger partial charge in [-0.15, -0.1) is 0 Å². The van der Waals surface area contributed by atoms with Crippen LogP contribution in [-0.4, -0.2) is 33.0 Å². The van der Waals surface area contributed by atoms with Crippen molar-refractivity contribution < 1.29 is 9.47 Å². The lowest BCUT2D eigenvalue weighted by Gasteiger charge is -2.11. The van der Waals surface area contributed by atoms with E-state index in [1.807, 2.05) is 0 Å². The topological polar surface area (TPSA) is 44.5 Å². The fourth-order valence-electron chi connectivity index (χ4n) is 1.48. The number of nitrogens with two attached hydrogens (primary N) is 1. The minimum absolute atomic E-state index is 0.332. The first kappa shape index (κ1) is 12.0. The Morgan fingerprint density at radius 1 is 1.21 bits per heavy atom. The van der Waals surface area contributed by atoms with Crippen LogP contribution in [0.5, 0.6) is 0 Å². The molecule has 1 aliphatic carbocycles.